The normalized spacial score (nSPS) is 10.3. The van der Waals surface area contributed by atoms with Crippen LogP contribution in [0.5, 0.6) is 5.75 Å². The van der Waals surface area contributed by atoms with Gasteiger partial charge in [0.15, 0.2) is 0 Å². The molecule has 0 saturated heterocycles. The smallest absolute Gasteiger partial charge is 0.272 e. The quantitative estimate of drug-likeness (QED) is 0.714. The van der Waals surface area contributed by atoms with Gasteiger partial charge < -0.3 is 9.64 Å². The Bertz CT molecular complexity index is 662. The summed E-state index contributed by atoms with van der Waals surface area (Å²) in [7, 11) is 3.36. The molecule has 0 saturated carbocycles. The van der Waals surface area contributed by atoms with Gasteiger partial charge in [0.25, 0.3) is 5.91 Å². The summed E-state index contributed by atoms with van der Waals surface area (Å²) in [6.07, 6.45) is 0. The van der Waals surface area contributed by atoms with E-state index in [1.54, 1.807) is 37.3 Å². The van der Waals surface area contributed by atoms with Gasteiger partial charge in [-0.3, -0.25) is 4.79 Å². The molecular formula is C15H14Br2N2O2. The second-order valence-electron chi connectivity index (χ2n) is 4.46. The van der Waals surface area contributed by atoms with Gasteiger partial charge in [-0.25, -0.2) is 4.98 Å². The van der Waals surface area contributed by atoms with E-state index in [0.717, 1.165) is 15.8 Å². The average molecular weight is 414 g/mol. The van der Waals surface area contributed by atoms with Crippen LogP contribution in [-0.2, 0) is 6.54 Å². The third-order valence-electron chi connectivity index (χ3n) is 2.93. The molecule has 6 heteroatoms. The Hall–Kier alpha value is -1.40. The minimum Gasteiger partial charge on any atom is -0.496 e. The Morgan fingerprint density at radius 2 is 2.05 bits per heavy atom. The molecule has 2 rings (SSSR count). The fraction of sp³-hybridized carbons (Fsp3) is 0.200. The summed E-state index contributed by atoms with van der Waals surface area (Å²) in [4.78, 5) is 18.2. The molecule has 1 aromatic heterocycles. The Morgan fingerprint density at radius 1 is 1.29 bits per heavy atom. The molecule has 0 radical (unpaired) electrons. The number of carbonyl (C=O) groups excluding carboxylic acids is 1. The van der Waals surface area contributed by atoms with E-state index < -0.39 is 0 Å². The Balaban J connectivity index is 2.19. The average Bonchev–Trinajstić information content (AvgIpc) is 2.46. The topological polar surface area (TPSA) is 42.4 Å². The number of rotatable bonds is 4. The predicted molar refractivity (Wildman–Crippen MR) is 88.4 cm³/mol. The highest BCUT2D eigenvalue weighted by Gasteiger charge is 2.15. The molecule has 0 spiro atoms. The van der Waals surface area contributed by atoms with Crippen LogP contribution in [0.2, 0.25) is 0 Å². The molecule has 21 heavy (non-hydrogen) atoms. The van der Waals surface area contributed by atoms with Crippen molar-refractivity contribution >= 4 is 37.8 Å². The summed E-state index contributed by atoms with van der Waals surface area (Å²) in [5.74, 6) is 0.610. The van der Waals surface area contributed by atoms with E-state index in [1.165, 1.54) is 0 Å². The number of benzene rings is 1. The first kappa shape index (κ1) is 16.0. The summed E-state index contributed by atoms with van der Waals surface area (Å²) in [6.45, 7) is 0.440. The zero-order valence-electron chi connectivity index (χ0n) is 11.6. The van der Waals surface area contributed by atoms with Crippen LogP contribution in [0.4, 0.5) is 0 Å². The number of aromatic nitrogens is 1. The standard InChI is InChI=1S/C15H14Br2N2O2/c1-19(15(20)12-4-3-5-14(17)18-12)9-10-8-11(16)6-7-13(10)21-2/h3-8H,9H2,1-2H3. The van der Waals surface area contributed by atoms with E-state index in [1.807, 2.05) is 18.2 Å². The van der Waals surface area contributed by atoms with Crippen molar-refractivity contribution in [3.63, 3.8) is 0 Å². The van der Waals surface area contributed by atoms with Crippen molar-refractivity contribution in [2.24, 2.45) is 0 Å². The van der Waals surface area contributed by atoms with Gasteiger partial charge in [0, 0.05) is 23.6 Å². The Morgan fingerprint density at radius 3 is 2.71 bits per heavy atom. The molecule has 0 unspecified atom stereocenters. The maximum atomic E-state index is 12.4. The van der Waals surface area contributed by atoms with Crippen LogP contribution in [0.15, 0.2) is 45.5 Å². The van der Waals surface area contributed by atoms with E-state index in [2.05, 4.69) is 36.8 Å². The molecular weight excluding hydrogens is 400 g/mol. The molecule has 0 fully saturated rings. The zero-order chi connectivity index (χ0) is 15.4. The van der Waals surface area contributed by atoms with E-state index in [-0.39, 0.29) is 5.91 Å². The minimum atomic E-state index is -0.140. The number of hydrogen-bond acceptors (Lipinski definition) is 3. The molecule has 0 aliphatic heterocycles. The molecule has 4 nitrogen and oxygen atoms in total. The number of hydrogen-bond donors (Lipinski definition) is 0. The maximum Gasteiger partial charge on any atom is 0.272 e. The van der Waals surface area contributed by atoms with Crippen molar-refractivity contribution in [1.82, 2.24) is 9.88 Å². The lowest BCUT2D eigenvalue weighted by molar-refractivity contribution is 0.0778. The lowest BCUT2D eigenvalue weighted by atomic mass is 10.2. The largest absolute Gasteiger partial charge is 0.496 e. The number of halogens is 2. The number of ether oxygens (including phenoxy) is 1. The molecule has 1 heterocycles. The molecule has 0 bridgehead atoms. The lowest BCUT2D eigenvalue weighted by Crippen LogP contribution is -2.27. The van der Waals surface area contributed by atoms with Gasteiger partial charge in [-0.15, -0.1) is 0 Å². The molecule has 0 atom stereocenters. The SMILES string of the molecule is COc1ccc(Br)cc1CN(C)C(=O)c1cccc(Br)n1. The van der Waals surface area contributed by atoms with Gasteiger partial charge in [0.1, 0.15) is 16.0 Å². The van der Waals surface area contributed by atoms with E-state index in [9.17, 15) is 4.79 Å². The summed E-state index contributed by atoms with van der Waals surface area (Å²) in [5, 5.41) is 0. The zero-order valence-corrected chi connectivity index (χ0v) is 14.8. The summed E-state index contributed by atoms with van der Waals surface area (Å²) in [5.41, 5.74) is 1.33. The molecule has 0 aliphatic rings. The monoisotopic (exact) mass is 412 g/mol. The fourth-order valence-corrected chi connectivity index (χ4v) is 2.67. The van der Waals surface area contributed by atoms with Crippen LogP contribution in [0.3, 0.4) is 0 Å². The highest BCUT2D eigenvalue weighted by atomic mass is 79.9. The highest BCUT2D eigenvalue weighted by Crippen LogP contribution is 2.24. The van der Waals surface area contributed by atoms with E-state index >= 15 is 0 Å². The summed E-state index contributed by atoms with van der Waals surface area (Å²) < 4.78 is 6.91. The maximum absolute atomic E-state index is 12.4. The Labute approximate surface area is 140 Å². The summed E-state index contributed by atoms with van der Waals surface area (Å²) in [6, 6.07) is 11.0. The number of methoxy groups -OCH3 is 1. The molecule has 1 amide bonds. The minimum absolute atomic E-state index is 0.140. The fourth-order valence-electron chi connectivity index (χ4n) is 1.92. The third-order valence-corrected chi connectivity index (χ3v) is 3.87. The molecule has 110 valence electrons. The molecule has 2 aromatic rings. The van der Waals surface area contributed by atoms with Gasteiger partial charge in [-0.05, 0) is 46.3 Å². The van der Waals surface area contributed by atoms with Crippen LogP contribution in [0.1, 0.15) is 16.1 Å². The first-order chi connectivity index (χ1) is 10.0. The van der Waals surface area contributed by atoms with Gasteiger partial charge in [-0.2, -0.15) is 0 Å². The molecule has 0 N–H and O–H groups in total. The van der Waals surface area contributed by atoms with Gasteiger partial charge in [0.2, 0.25) is 0 Å². The Kier molecular flexibility index (Phi) is 5.36. The van der Waals surface area contributed by atoms with E-state index in [0.29, 0.717) is 16.8 Å². The van der Waals surface area contributed by atoms with Crippen LogP contribution in [0, 0.1) is 0 Å². The van der Waals surface area contributed by atoms with Crippen molar-refractivity contribution in [3.8, 4) is 5.75 Å². The van der Waals surface area contributed by atoms with Crippen LogP contribution >= 0.6 is 31.9 Å². The summed E-state index contributed by atoms with van der Waals surface area (Å²) >= 11 is 6.70. The van der Waals surface area contributed by atoms with Crippen LogP contribution < -0.4 is 4.74 Å². The number of pyridine rings is 1. The van der Waals surface area contributed by atoms with Crippen molar-refractivity contribution in [3.05, 3.63) is 56.7 Å². The molecule has 0 aliphatic carbocycles. The van der Waals surface area contributed by atoms with Gasteiger partial charge in [-0.1, -0.05) is 22.0 Å². The van der Waals surface area contributed by atoms with Gasteiger partial charge >= 0.3 is 0 Å². The van der Waals surface area contributed by atoms with Crippen LogP contribution in [-0.4, -0.2) is 29.9 Å². The second kappa shape index (κ2) is 7.04. The highest BCUT2D eigenvalue weighted by molar-refractivity contribution is 9.10. The third kappa shape index (κ3) is 4.04. The van der Waals surface area contributed by atoms with Crippen LogP contribution in [0.25, 0.3) is 0 Å². The number of carbonyl (C=O) groups is 1. The first-order valence-electron chi connectivity index (χ1n) is 6.21. The first-order valence-corrected chi connectivity index (χ1v) is 7.80. The van der Waals surface area contributed by atoms with Crippen molar-refractivity contribution in [2.45, 2.75) is 6.54 Å². The van der Waals surface area contributed by atoms with Crippen molar-refractivity contribution < 1.29 is 9.53 Å². The molecule has 1 aromatic carbocycles. The van der Waals surface area contributed by atoms with Gasteiger partial charge in [0.05, 0.1) is 7.11 Å². The number of nitrogens with zero attached hydrogens (tertiary/aromatic N) is 2. The lowest BCUT2D eigenvalue weighted by Gasteiger charge is -2.18. The predicted octanol–water partition coefficient (Wildman–Crippen LogP) is 3.89. The van der Waals surface area contributed by atoms with Crippen molar-refractivity contribution in [1.29, 1.82) is 0 Å². The van der Waals surface area contributed by atoms with Crippen molar-refractivity contribution in [2.75, 3.05) is 14.2 Å². The second-order valence-corrected chi connectivity index (χ2v) is 6.19. The van der Waals surface area contributed by atoms with E-state index in [4.69, 9.17) is 4.74 Å². The number of amides is 1.